The second-order valence-corrected chi connectivity index (χ2v) is 6.60. The first kappa shape index (κ1) is 17.6. The van der Waals surface area contributed by atoms with E-state index < -0.39 is 10.0 Å². The van der Waals surface area contributed by atoms with Crippen LogP contribution < -0.4 is 4.74 Å². The Morgan fingerprint density at radius 3 is 2.29 bits per heavy atom. The van der Waals surface area contributed by atoms with Crippen LogP contribution in [0.5, 0.6) is 5.75 Å². The molecule has 0 aromatic heterocycles. The van der Waals surface area contributed by atoms with Crippen molar-refractivity contribution < 1.29 is 22.7 Å². The highest BCUT2D eigenvalue weighted by Gasteiger charge is 2.25. The third-order valence-electron chi connectivity index (χ3n) is 3.05. The lowest BCUT2D eigenvalue weighted by Gasteiger charge is -2.20. The van der Waals surface area contributed by atoms with Crippen LogP contribution in [0, 0.1) is 13.8 Å². The molecule has 0 fully saturated rings. The van der Waals surface area contributed by atoms with Gasteiger partial charge in [0.15, 0.2) is 0 Å². The fraction of sp³-hybridized carbons (Fsp3) is 0.500. The van der Waals surface area contributed by atoms with E-state index in [9.17, 15) is 13.2 Å². The van der Waals surface area contributed by atoms with E-state index >= 15 is 0 Å². The Morgan fingerprint density at radius 2 is 1.81 bits per heavy atom. The molecular weight excluding hydrogens is 294 g/mol. The van der Waals surface area contributed by atoms with Crippen LogP contribution in [0.3, 0.4) is 0 Å². The Morgan fingerprint density at radius 1 is 1.24 bits per heavy atom. The number of aryl methyl sites for hydroxylation is 2. The highest BCUT2D eigenvalue weighted by molar-refractivity contribution is 7.89. The Balaban J connectivity index is 2.99. The van der Waals surface area contributed by atoms with Crippen molar-refractivity contribution in [2.24, 2.45) is 0 Å². The number of ether oxygens (including phenoxy) is 2. The van der Waals surface area contributed by atoms with Gasteiger partial charge in [0.2, 0.25) is 16.3 Å². The number of hydrogen-bond donors (Lipinski definition) is 0. The molecule has 1 aromatic carbocycles. The summed E-state index contributed by atoms with van der Waals surface area (Å²) in [4.78, 5) is 10.3. The maximum atomic E-state index is 12.6. The Kier molecular flexibility index (Phi) is 6.32. The molecule has 0 heterocycles. The molecule has 0 aliphatic rings. The second kappa shape index (κ2) is 7.53. The van der Waals surface area contributed by atoms with E-state index in [2.05, 4.69) is 0 Å². The van der Waals surface area contributed by atoms with Crippen molar-refractivity contribution >= 4 is 16.3 Å². The van der Waals surface area contributed by atoms with Crippen LogP contribution in [0.2, 0.25) is 0 Å². The summed E-state index contributed by atoms with van der Waals surface area (Å²) in [5.41, 5.74) is 1.25. The van der Waals surface area contributed by atoms with Crippen LogP contribution in [-0.2, 0) is 19.6 Å². The summed E-state index contributed by atoms with van der Waals surface area (Å²) in [5.74, 6) is 0.622. The first-order valence-corrected chi connectivity index (χ1v) is 7.83. The fourth-order valence-electron chi connectivity index (χ4n) is 2.02. The fourth-order valence-corrected chi connectivity index (χ4v) is 3.58. The summed E-state index contributed by atoms with van der Waals surface area (Å²) in [5, 5.41) is 0. The minimum Gasteiger partial charge on any atom is -0.497 e. The molecule has 1 radical (unpaired) electrons. The summed E-state index contributed by atoms with van der Waals surface area (Å²) in [6.07, 6.45) is 1.59. The zero-order valence-electron chi connectivity index (χ0n) is 12.7. The lowest BCUT2D eigenvalue weighted by molar-refractivity contribution is 0.158. The first-order chi connectivity index (χ1) is 9.84. The standard InChI is InChI=1S/C14H20NO5S/c1-11-9-13(19-4)10-12(2)14(11)21(17,18)15(3)5-7-20-8-6-16/h9-10H,5,7-8H2,1-4H3. The quantitative estimate of drug-likeness (QED) is 0.671. The molecule has 0 amide bonds. The zero-order chi connectivity index (χ0) is 16.0. The molecule has 0 aliphatic carbocycles. The van der Waals surface area contributed by atoms with Crippen LogP contribution in [0.15, 0.2) is 17.0 Å². The van der Waals surface area contributed by atoms with E-state index in [1.54, 1.807) is 32.3 Å². The van der Waals surface area contributed by atoms with Crippen molar-refractivity contribution in [1.29, 1.82) is 0 Å². The normalized spacial score (nSPS) is 11.7. The van der Waals surface area contributed by atoms with Gasteiger partial charge in [0, 0.05) is 13.6 Å². The molecule has 0 saturated heterocycles. The molecule has 6 nitrogen and oxygen atoms in total. The number of likely N-dealkylation sites (N-methyl/N-ethyl adjacent to an activating group) is 1. The number of nitrogens with zero attached hydrogens (tertiary/aromatic N) is 1. The molecule has 7 heteroatoms. The van der Waals surface area contributed by atoms with E-state index in [-0.39, 0.29) is 24.7 Å². The van der Waals surface area contributed by atoms with E-state index in [0.29, 0.717) is 16.9 Å². The molecule has 117 valence electrons. The van der Waals surface area contributed by atoms with E-state index in [1.165, 1.54) is 18.5 Å². The third-order valence-corrected chi connectivity index (χ3v) is 5.21. The van der Waals surface area contributed by atoms with Gasteiger partial charge in [0.1, 0.15) is 12.4 Å². The van der Waals surface area contributed by atoms with Gasteiger partial charge >= 0.3 is 0 Å². The van der Waals surface area contributed by atoms with Gasteiger partial charge in [-0.1, -0.05) is 0 Å². The van der Waals surface area contributed by atoms with Crippen LogP contribution in [0.25, 0.3) is 0 Å². The van der Waals surface area contributed by atoms with Crippen molar-refractivity contribution in [2.75, 3.05) is 33.9 Å². The number of hydrogen-bond acceptors (Lipinski definition) is 5. The Labute approximate surface area is 125 Å². The minimum atomic E-state index is -3.61. The number of carbonyl (C=O) groups excluding carboxylic acids is 1. The summed E-state index contributed by atoms with van der Waals surface area (Å²) >= 11 is 0. The topological polar surface area (TPSA) is 72.9 Å². The third kappa shape index (κ3) is 4.26. The molecule has 1 aromatic rings. The van der Waals surface area contributed by atoms with Crippen LogP contribution in [0.4, 0.5) is 0 Å². The van der Waals surface area contributed by atoms with Gasteiger partial charge in [-0.25, -0.2) is 8.42 Å². The number of rotatable bonds is 8. The lowest BCUT2D eigenvalue weighted by atomic mass is 10.1. The molecule has 0 N–H and O–H groups in total. The Hall–Kier alpha value is -1.44. The molecule has 0 bridgehead atoms. The molecule has 21 heavy (non-hydrogen) atoms. The predicted octanol–water partition coefficient (Wildman–Crippen LogP) is 1.06. The van der Waals surface area contributed by atoms with Crippen molar-refractivity contribution in [3.63, 3.8) is 0 Å². The Bertz CT molecular complexity index is 574. The molecule has 0 unspecified atom stereocenters. The van der Waals surface area contributed by atoms with E-state index in [1.807, 2.05) is 0 Å². The van der Waals surface area contributed by atoms with Crippen LogP contribution in [-0.4, -0.2) is 52.9 Å². The average Bonchev–Trinajstić information content (AvgIpc) is 2.42. The van der Waals surface area contributed by atoms with Gasteiger partial charge < -0.3 is 9.47 Å². The van der Waals surface area contributed by atoms with Crippen molar-refractivity contribution in [1.82, 2.24) is 4.31 Å². The first-order valence-electron chi connectivity index (χ1n) is 6.39. The predicted molar refractivity (Wildman–Crippen MR) is 78.8 cm³/mol. The SMILES string of the molecule is COc1cc(C)c(S(=O)(=O)N(C)CCOC[C]=O)c(C)c1. The summed E-state index contributed by atoms with van der Waals surface area (Å²) < 4.78 is 36.4. The smallest absolute Gasteiger partial charge is 0.243 e. The molecule has 0 saturated carbocycles. The minimum absolute atomic E-state index is 0.138. The zero-order valence-corrected chi connectivity index (χ0v) is 13.5. The van der Waals surface area contributed by atoms with Crippen LogP contribution >= 0.6 is 0 Å². The molecule has 0 atom stereocenters. The highest BCUT2D eigenvalue weighted by atomic mass is 32.2. The summed E-state index contributed by atoms with van der Waals surface area (Å²) in [6.45, 7) is 3.60. The number of benzene rings is 1. The van der Waals surface area contributed by atoms with Crippen LogP contribution in [0.1, 0.15) is 11.1 Å². The van der Waals surface area contributed by atoms with Crippen molar-refractivity contribution in [3.8, 4) is 5.75 Å². The van der Waals surface area contributed by atoms with Gasteiger partial charge in [-0.05, 0) is 37.1 Å². The van der Waals surface area contributed by atoms with Crippen molar-refractivity contribution in [3.05, 3.63) is 23.3 Å². The summed E-state index contributed by atoms with van der Waals surface area (Å²) in [7, 11) is -0.597. The van der Waals surface area contributed by atoms with E-state index in [4.69, 9.17) is 9.47 Å². The largest absolute Gasteiger partial charge is 0.497 e. The lowest BCUT2D eigenvalue weighted by Crippen LogP contribution is -2.31. The summed E-state index contributed by atoms with van der Waals surface area (Å²) in [6, 6.07) is 3.37. The maximum absolute atomic E-state index is 12.6. The van der Waals surface area contributed by atoms with Gasteiger partial charge in [0.25, 0.3) is 0 Å². The number of methoxy groups -OCH3 is 1. The van der Waals surface area contributed by atoms with Gasteiger partial charge in [-0.2, -0.15) is 4.31 Å². The monoisotopic (exact) mass is 314 g/mol. The van der Waals surface area contributed by atoms with Gasteiger partial charge in [-0.3, -0.25) is 4.79 Å². The van der Waals surface area contributed by atoms with Crippen molar-refractivity contribution in [2.45, 2.75) is 18.7 Å². The maximum Gasteiger partial charge on any atom is 0.243 e. The van der Waals surface area contributed by atoms with Gasteiger partial charge in [0.05, 0.1) is 18.6 Å². The van der Waals surface area contributed by atoms with Gasteiger partial charge in [-0.15, -0.1) is 0 Å². The molecule has 0 aliphatic heterocycles. The molecule has 1 rings (SSSR count). The molecular formula is C14H20NO5S. The average molecular weight is 314 g/mol. The second-order valence-electron chi connectivity index (χ2n) is 4.61. The number of sulfonamides is 1. The van der Waals surface area contributed by atoms with E-state index in [0.717, 1.165) is 0 Å². The molecule has 0 spiro atoms. The highest BCUT2D eigenvalue weighted by Crippen LogP contribution is 2.27.